The number of carboxylic acids is 4. The molecule has 580 valence electrons. The number of carbonyl (C=O) groups is 11. The summed E-state index contributed by atoms with van der Waals surface area (Å²) < 4.78 is 0. The van der Waals surface area contributed by atoms with Gasteiger partial charge in [-0.25, -0.2) is 4.98 Å². The van der Waals surface area contributed by atoms with Crippen LogP contribution >= 0.6 is 0 Å². The Labute approximate surface area is 597 Å². The molecular weight excluding hydrogens is 1380 g/mol. The van der Waals surface area contributed by atoms with Crippen molar-refractivity contribution in [2.75, 3.05) is 130 Å². The zero-order valence-corrected chi connectivity index (χ0v) is 57.8. The second-order valence-corrected chi connectivity index (χ2v) is 25.7. The van der Waals surface area contributed by atoms with Crippen LogP contribution in [0.15, 0.2) is 42.5 Å². The van der Waals surface area contributed by atoms with Gasteiger partial charge in [-0.3, -0.25) is 72.3 Å². The highest BCUT2D eigenvalue weighted by molar-refractivity contribution is 5.96. The van der Waals surface area contributed by atoms with E-state index < -0.39 is 211 Å². The van der Waals surface area contributed by atoms with Crippen LogP contribution < -0.4 is 31.9 Å². The number of amides is 7. The monoisotopic (exact) mass is 1480 g/mol. The Bertz CT molecular complexity index is 3270. The van der Waals surface area contributed by atoms with Crippen molar-refractivity contribution in [2.45, 2.75) is 138 Å². The molecule has 21 N–H and O–H groups in total. The summed E-state index contributed by atoms with van der Waals surface area (Å²) in [7, 11) is 1.62. The van der Waals surface area contributed by atoms with E-state index in [1.54, 1.807) is 25.2 Å². The average Bonchev–Trinajstić information content (AvgIpc) is 1.62. The summed E-state index contributed by atoms with van der Waals surface area (Å²) in [5, 5.41) is 154. The second-order valence-electron chi connectivity index (χ2n) is 25.7. The molecule has 3 aromatic rings. The Morgan fingerprint density at radius 3 is 1.54 bits per heavy atom. The number of aliphatic hydroxyl groups is 10. The molecule has 0 spiro atoms. The van der Waals surface area contributed by atoms with Crippen molar-refractivity contribution in [3.63, 3.8) is 0 Å². The van der Waals surface area contributed by atoms with Gasteiger partial charge in [-0.15, -0.1) is 0 Å². The smallest absolute Gasteiger partial charge is 0.317 e. The number of carbonyl (C=O) groups excluding carboxylic acids is 7. The predicted molar refractivity (Wildman–Crippen MR) is 364 cm³/mol. The maximum atomic E-state index is 14.6. The van der Waals surface area contributed by atoms with Crippen molar-refractivity contribution in [3.05, 3.63) is 59.4 Å². The lowest BCUT2D eigenvalue weighted by atomic mass is 10.0. The first-order valence-corrected chi connectivity index (χ1v) is 34.1. The zero-order chi connectivity index (χ0) is 76.7. The molecule has 4 unspecified atom stereocenters. The van der Waals surface area contributed by atoms with Gasteiger partial charge in [0.2, 0.25) is 35.4 Å². The van der Waals surface area contributed by atoms with Crippen molar-refractivity contribution in [1.29, 1.82) is 0 Å². The maximum absolute atomic E-state index is 14.6. The van der Waals surface area contributed by atoms with Gasteiger partial charge in [0.05, 0.1) is 75.6 Å². The summed E-state index contributed by atoms with van der Waals surface area (Å²) in [6.45, 7) is -5.02. The average molecular weight is 1480 g/mol. The molecule has 5 rings (SSSR count). The quantitative estimate of drug-likeness (QED) is 0.0234. The van der Waals surface area contributed by atoms with Gasteiger partial charge in [-0.1, -0.05) is 25.0 Å². The van der Waals surface area contributed by atoms with Gasteiger partial charge in [-0.05, 0) is 61.6 Å². The van der Waals surface area contributed by atoms with Gasteiger partial charge in [-0.2, -0.15) is 0 Å². The molecule has 11 atom stereocenters. The third-order valence-corrected chi connectivity index (χ3v) is 17.5. The summed E-state index contributed by atoms with van der Waals surface area (Å²) in [6.07, 6.45) is -17.1. The number of hydrogen-bond donors (Lipinski definition) is 21. The number of anilines is 1. The molecular formula is C65H100N14O25. The summed E-state index contributed by atoms with van der Waals surface area (Å²) in [5.74, 6) is -9.80. The van der Waals surface area contributed by atoms with E-state index in [0.29, 0.717) is 48.3 Å². The van der Waals surface area contributed by atoms with Crippen molar-refractivity contribution in [2.24, 2.45) is 0 Å². The highest BCUT2D eigenvalue weighted by Crippen LogP contribution is 2.27. The SMILES string of the molecule is CN(Cc1nc2ccccc2[nH]1)C(=O)c1ccc2c(c1)CN(CCCCCCNC(=O)[C@H](CCC(=O)NC[C@H](O)[C@@H](O)C(O)[C@H](O)CO)NC(=O)[C@H](CCC(=O)NC[C@H](O)C(O)C(O)[C@@H](O)CO)NC(=O)CN1CCN(CC(=O)O)CCN(CC(=O)O)CCN(CC(=O)O)CC1)C(=O)C(CC(=O)O)N2. The van der Waals surface area contributed by atoms with Crippen molar-refractivity contribution in [1.82, 2.24) is 66.0 Å². The topological polar surface area (TPSA) is 591 Å². The molecule has 2 aliphatic heterocycles. The first-order chi connectivity index (χ1) is 49.3. The molecule has 104 heavy (non-hydrogen) atoms. The van der Waals surface area contributed by atoms with Crippen LogP contribution in [0.1, 0.15) is 79.5 Å². The van der Waals surface area contributed by atoms with Crippen LogP contribution in [0.3, 0.4) is 0 Å². The van der Waals surface area contributed by atoms with E-state index in [1.165, 1.54) is 29.4 Å². The number of carboxylic acid groups (broad SMARTS) is 4. The number of fused-ring (bicyclic) bond motifs is 2. The number of para-hydroxylation sites is 2. The van der Waals surface area contributed by atoms with Gasteiger partial charge >= 0.3 is 23.9 Å². The fourth-order valence-corrected chi connectivity index (χ4v) is 11.5. The van der Waals surface area contributed by atoms with Crippen LogP contribution in [-0.4, -0.2) is 368 Å². The highest BCUT2D eigenvalue weighted by atomic mass is 16.4. The standard InChI is InChI=1S/C65H100N14O25/c1-74(31-50-70-41-8-4-5-9-42(41)71-50)64(103)38-10-11-40-39(26-38)30-79(65(104)45(69-40)27-54(89)90)17-7-3-2-6-16-66-62(101)43(12-14-51(86)67-28-46(82)58(97)60(99)48(84)36-80)73-63(102)44(13-15-52(87)68-29-47(83)59(98)61(100)49(85)37-81)72-53(88)32-75-18-20-76(33-55(91)92)22-24-78(35-57(95)96)25-23-77(21-19-75)34-56(93)94/h4-5,8-11,26,43-49,58-61,69,80-85,97-100H,2-3,6-7,12-25,27-37H2,1H3,(H,66,101)(H,67,86)(H,68,87)(H,70,71)(H,72,88)(H,73,102)(H,89,90)(H,91,92)(H,93,94)(H,95,96)/t43-,44-,45?,46-,47-,48+,49-,58+,59?,60?,61?/m0/s1. The number of aromatic nitrogens is 2. The molecule has 3 heterocycles. The second kappa shape index (κ2) is 43.6. The summed E-state index contributed by atoms with van der Waals surface area (Å²) in [4.78, 5) is 162. The summed E-state index contributed by atoms with van der Waals surface area (Å²) >= 11 is 0. The van der Waals surface area contributed by atoms with Gasteiger partial charge < -0.3 is 118 Å². The van der Waals surface area contributed by atoms with E-state index >= 15 is 0 Å². The van der Waals surface area contributed by atoms with Gasteiger partial charge in [0, 0.05) is 116 Å². The molecule has 0 saturated carbocycles. The number of imidazole rings is 1. The first kappa shape index (κ1) is 86.0. The fourth-order valence-electron chi connectivity index (χ4n) is 11.5. The van der Waals surface area contributed by atoms with Crippen LogP contribution in [0.4, 0.5) is 5.69 Å². The van der Waals surface area contributed by atoms with E-state index in [0.717, 1.165) is 11.0 Å². The van der Waals surface area contributed by atoms with E-state index in [-0.39, 0.29) is 84.4 Å². The Kier molecular flexibility index (Phi) is 36.0. The lowest BCUT2D eigenvalue weighted by Crippen LogP contribution is -2.56. The summed E-state index contributed by atoms with van der Waals surface area (Å²) in [5.41, 5.74) is 2.86. The van der Waals surface area contributed by atoms with Gasteiger partial charge in [0.15, 0.2) is 0 Å². The first-order valence-electron chi connectivity index (χ1n) is 34.1. The maximum Gasteiger partial charge on any atom is 0.317 e. The molecule has 39 heteroatoms. The van der Waals surface area contributed by atoms with E-state index in [2.05, 4.69) is 41.9 Å². The number of aliphatic carboxylic acids is 4. The number of aromatic amines is 1. The van der Waals surface area contributed by atoms with Crippen LogP contribution in [-0.2, 0) is 61.0 Å². The minimum absolute atomic E-state index is 0.0137. The number of nitrogens with zero attached hydrogens (tertiary/aromatic N) is 7. The molecule has 0 bridgehead atoms. The number of rotatable bonds is 42. The van der Waals surface area contributed by atoms with Crippen molar-refractivity contribution < 1.29 is 124 Å². The molecule has 1 fully saturated rings. The van der Waals surface area contributed by atoms with E-state index in [1.807, 2.05) is 24.3 Å². The van der Waals surface area contributed by atoms with Crippen molar-refractivity contribution >= 4 is 81.9 Å². The third-order valence-electron chi connectivity index (χ3n) is 17.5. The number of aliphatic hydroxyl groups excluding tert-OH is 10. The normalized spacial score (nSPS) is 18.2. The van der Waals surface area contributed by atoms with Crippen molar-refractivity contribution in [3.8, 4) is 0 Å². The highest BCUT2D eigenvalue weighted by Gasteiger charge is 2.35. The molecule has 2 aliphatic rings. The molecule has 39 nitrogen and oxygen atoms in total. The molecule has 1 aromatic heterocycles. The molecule has 2 aromatic carbocycles. The Morgan fingerprint density at radius 1 is 0.567 bits per heavy atom. The number of hydrogen-bond acceptors (Lipinski definition) is 27. The Hall–Kier alpha value is -8.68. The minimum atomic E-state index is -2.08. The van der Waals surface area contributed by atoms with E-state index in [9.17, 15) is 124 Å². The van der Waals surface area contributed by atoms with Crippen LogP contribution in [0, 0.1) is 0 Å². The predicted octanol–water partition coefficient (Wildman–Crippen LogP) is -7.78. The van der Waals surface area contributed by atoms with Crippen LogP contribution in [0.5, 0.6) is 0 Å². The lowest BCUT2D eigenvalue weighted by Gasteiger charge is -2.33. The molecule has 7 amide bonds. The molecule has 0 radical (unpaired) electrons. The summed E-state index contributed by atoms with van der Waals surface area (Å²) in [6, 6.07) is 7.73. The van der Waals surface area contributed by atoms with Gasteiger partial charge in [0.25, 0.3) is 5.91 Å². The molecule has 1 saturated heterocycles. The van der Waals surface area contributed by atoms with Crippen LogP contribution in [0.2, 0.25) is 0 Å². The Morgan fingerprint density at radius 2 is 1.05 bits per heavy atom. The number of nitrogens with one attached hydrogen (secondary N) is 7. The third kappa shape index (κ3) is 29.1. The zero-order valence-electron chi connectivity index (χ0n) is 57.8. The lowest BCUT2D eigenvalue weighted by molar-refractivity contribution is -0.141. The largest absolute Gasteiger partial charge is 0.481 e. The number of unbranched alkanes of at least 4 members (excludes halogenated alkanes) is 3. The molecule has 0 aliphatic carbocycles. The van der Waals surface area contributed by atoms with Crippen LogP contribution in [0.25, 0.3) is 11.0 Å². The van der Waals surface area contributed by atoms with E-state index in [4.69, 9.17) is 0 Å². The number of H-pyrrole nitrogens is 1. The fraction of sp³-hybridized carbons (Fsp3) is 0.631. The Balaban J connectivity index is 1.32. The number of benzene rings is 2. The van der Waals surface area contributed by atoms with Gasteiger partial charge in [0.1, 0.15) is 60.6 Å². The minimum Gasteiger partial charge on any atom is -0.481 e.